The topological polar surface area (TPSA) is 78.5 Å². The molecule has 118 valence electrons. The minimum Gasteiger partial charge on any atom is -0.543 e. The van der Waals surface area contributed by atoms with E-state index in [1.165, 1.54) is 13.2 Å². The fraction of sp³-hybridized carbons (Fsp3) is 0.111. The average Bonchev–Trinajstić information content (AvgIpc) is 2.54. The highest BCUT2D eigenvalue weighted by atomic mass is 16.5. The van der Waals surface area contributed by atoms with Crippen molar-refractivity contribution in [3.63, 3.8) is 0 Å². The van der Waals surface area contributed by atoms with Crippen LogP contribution in [0, 0.1) is 6.92 Å². The van der Waals surface area contributed by atoms with Gasteiger partial charge in [0, 0.05) is 11.1 Å². The first kappa shape index (κ1) is 16.3. The number of ether oxygens (including phenoxy) is 1. The monoisotopic (exact) mass is 310 g/mol. The van der Waals surface area contributed by atoms with E-state index in [1.807, 2.05) is 0 Å². The zero-order chi connectivity index (χ0) is 16.8. The van der Waals surface area contributed by atoms with Crippen LogP contribution in [-0.4, -0.2) is 19.0 Å². The quantitative estimate of drug-likeness (QED) is 0.849. The van der Waals surface area contributed by atoms with E-state index in [0.29, 0.717) is 16.9 Å². The van der Waals surface area contributed by atoms with Crippen molar-refractivity contribution in [3.05, 3.63) is 70.9 Å². The van der Waals surface area contributed by atoms with Crippen molar-refractivity contribution in [1.29, 1.82) is 0 Å². The molecule has 2 aromatic rings. The van der Waals surface area contributed by atoms with Gasteiger partial charge in [0.25, 0.3) is 5.91 Å². The van der Waals surface area contributed by atoms with Crippen LogP contribution in [0.3, 0.4) is 0 Å². The van der Waals surface area contributed by atoms with E-state index in [-0.39, 0.29) is 5.70 Å². The van der Waals surface area contributed by atoms with Crippen LogP contribution in [0.25, 0.3) is 6.08 Å². The molecule has 0 aromatic heterocycles. The lowest BCUT2D eigenvalue weighted by Crippen LogP contribution is -2.35. The highest BCUT2D eigenvalue weighted by Gasteiger charge is 2.11. The van der Waals surface area contributed by atoms with Gasteiger partial charge in [-0.15, -0.1) is 0 Å². The summed E-state index contributed by atoms with van der Waals surface area (Å²) in [6.45, 7) is 1.78. The minimum atomic E-state index is -1.47. The molecule has 1 N–H and O–H groups in total. The highest BCUT2D eigenvalue weighted by Crippen LogP contribution is 2.20. The minimum absolute atomic E-state index is 0.331. The zero-order valence-electron chi connectivity index (χ0n) is 12.8. The molecule has 2 aromatic carbocycles. The molecule has 0 atom stereocenters. The molecule has 5 nitrogen and oxygen atoms in total. The number of carboxylic acids is 1. The maximum Gasteiger partial charge on any atom is 0.255 e. The third-order valence-electron chi connectivity index (χ3n) is 3.30. The molecule has 0 saturated carbocycles. The summed E-state index contributed by atoms with van der Waals surface area (Å²) in [5, 5.41) is 13.7. The number of hydrogen-bond acceptors (Lipinski definition) is 4. The molecule has 23 heavy (non-hydrogen) atoms. The summed E-state index contributed by atoms with van der Waals surface area (Å²) in [4.78, 5) is 23.6. The number of carbonyl (C=O) groups excluding carboxylic acids is 2. The molecule has 0 aliphatic rings. The summed E-state index contributed by atoms with van der Waals surface area (Å²) >= 11 is 0. The number of benzene rings is 2. The van der Waals surface area contributed by atoms with Gasteiger partial charge in [0.1, 0.15) is 5.75 Å². The first-order valence-electron chi connectivity index (χ1n) is 6.96. The summed E-state index contributed by atoms with van der Waals surface area (Å²) in [6.07, 6.45) is 1.31. The zero-order valence-corrected chi connectivity index (χ0v) is 12.8. The Balaban J connectivity index is 2.33. The third-order valence-corrected chi connectivity index (χ3v) is 3.30. The summed E-state index contributed by atoms with van der Waals surface area (Å²) < 4.78 is 5.16. The Hall–Kier alpha value is -3.08. The maximum absolute atomic E-state index is 12.3. The molecule has 0 radical (unpaired) electrons. The summed E-state index contributed by atoms with van der Waals surface area (Å²) in [5.74, 6) is -1.48. The Morgan fingerprint density at radius 3 is 2.39 bits per heavy atom. The standard InChI is InChI=1S/C18H17NO4/c1-12-7-3-5-9-14(12)17(20)19-15(18(21)22)11-13-8-4-6-10-16(13)23-2/h3-11H,1-2H3,(H,19,20)(H,21,22)/p-1/b15-11+. The molecule has 5 heteroatoms. The van der Waals surface area contributed by atoms with Gasteiger partial charge in [-0.05, 0) is 30.7 Å². The fourth-order valence-electron chi connectivity index (χ4n) is 2.10. The van der Waals surface area contributed by atoms with E-state index >= 15 is 0 Å². The average molecular weight is 310 g/mol. The van der Waals surface area contributed by atoms with Gasteiger partial charge < -0.3 is 20.0 Å². The normalized spacial score (nSPS) is 11.0. The maximum atomic E-state index is 12.3. The van der Waals surface area contributed by atoms with Crippen LogP contribution >= 0.6 is 0 Å². The van der Waals surface area contributed by atoms with Crippen molar-refractivity contribution in [2.45, 2.75) is 6.92 Å². The number of nitrogens with one attached hydrogen (secondary N) is 1. The number of hydrogen-bond donors (Lipinski definition) is 1. The van der Waals surface area contributed by atoms with Crippen molar-refractivity contribution in [1.82, 2.24) is 5.32 Å². The highest BCUT2D eigenvalue weighted by molar-refractivity contribution is 6.03. The number of carbonyl (C=O) groups is 2. The Bertz CT molecular complexity index is 765. The SMILES string of the molecule is COc1ccccc1/C=C(/NC(=O)c1ccccc1C)C(=O)[O-]. The first-order chi connectivity index (χ1) is 11.0. The summed E-state index contributed by atoms with van der Waals surface area (Å²) in [7, 11) is 1.48. The molecule has 0 unspecified atom stereocenters. The number of aryl methyl sites for hydroxylation is 1. The van der Waals surface area contributed by atoms with Gasteiger partial charge in [0.15, 0.2) is 0 Å². The molecule has 2 rings (SSSR count). The smallest absolute Gasteiger partial charge is 0.255 e. The van der Waals surface area contributed by atoms with E-state index in [9.17, 15) is 14.7 Å². The van der Waals surface area contributed by atoms with Crippen LogP contribution in [0.5, 0.6) is 5.75 Å². The summed E-state index contributed by atoms with van der Waals surface area (Å²) in [6, 6.07) is 13.8. The van der Waals surface area contributed by atoms with E-state index in [0.717, 1.165) is 5.56 Å². The molecule has 0 heterocycles. The number of carboxylic acid groups (broad SMARTS) is 1. The Labute approximate surface area is 134 Å². The number of aliphatic carboxylic acids is 1. The Morgan fingerprint density at radius 2 is 1.74 bits per heavy atom. The van der Waals surface area contributed by atoms with Crippen molar-refractivity contribution >= 4 is 18.0 Å². The van der Waals surface area contributed by atoms with Crippen molar-refractivity contribution in [3.8, 4) is 5.75 Å². The van der Waals surface area contributed by atoms with E-state index < -0.39 is 11.9 Å². The molecular weight excluding hydrogens is 294 g/mol. The van der Waals surface area contributed by atoms with Gasteiger partial charge in [-0.25, -0.2) is 0 Å². The Morgan fingerprint density at radius 1 is 1.09 bits per heavy atom. The fourth-order valence-corrected chi connectivity index (χ4v) is 2.10. The molecule has 1 amide bonds. The molecule has 0 aliphatic carbocycles. The molecular formula is C18H16NO4-. The lowest BCUT2D eigenvalue weighted by atomic mass is 10.1. The lowest BCUT2D eigenvalue weighted by Gasteiger charge is -2.13. The van der Waals surface area contributed by atoms with Gasteiger partial charge in [-0.1, -0.05) is 36.4 Å². The second-order valence-corrected chi connectivity index (χ2v) is 4.86. The predicted octanol–water partition coefficient (Wildman–Crippen LogP) is 1.52. The van der Waals surface area contributed by atoms with Crippen LogP contribution in [0.2, 0.25) is 0 Å². The largest absolute Gasteiger partial charge is 0.543 e. The van der Waals surface area contributed by atoms with Crippen molar-refractivity contribution < 1.29 is 19.4 Å². The second kappa shape index (κ2) is 7.26. The number of para-hydroxylation sites is 1. The van der Waals surface area contributed by atoms with Crippen LogP contribution in [-0.2, 0) is 4.79 Å². The van der Waals surface area contributed by atoms with Gasteiger partial charge in [0.05, 0.1) is 18.8 Å². The predicted molar refractivity (Wildman–Crippen MR) is 84.6 cm³/mol. The third kappa shape index (κ3) is 3.97. The second-order valence-electron chi connectivity index (χ2n) is 4.86. The van der Waals surface area contributed by atoms with Crippen LogP contribution < -0.4 is 15.2 Å². The van der Waals surface area contributed by atoms with E-state index in [1.54, 1.807) is 55.5 Å². The van der Waals surface area contributed by atoms with Crippen molar-refractivity contribution in [2.75, 3.05) is 7.11 Å². The number of methoxy groups -OCH3 is 1. The Kier molecular flexibility index (Phi) is 5.15. The van der Waals surface area contributed by atoms with Gasteiger partial charge >= 0.3 is 0 Å². The van der Waals surface area contributed by atoms with Crippen LogP contribution in [0.15, 0.2) is 54.2 Å². The first-order valence-corrected chi connectivity index (χ1v) is 6.96. The number of rotatable bonds is 5. The molecule has 0 saturated heterocycles. The number of amides is 1. The molecule has 0 aliphatic heterocycles. The van der Waals surface area contributed by atoms with Crippen LogP contribution in [0.1, 0.15) is 21.5 Å². The van der Waals surface area contributed by atoms with Crippen molar-refractivity contribution in [2.24, 2.45) is 0 Å². The van der Waals surface area contributed by atoms with Crippen LogP contribution in [0.4, 0.5) is 0 Å². The van der Waals surface area contributed by atoms with Gasteiger partial charge in [-0.3, -0.25) is 4.79 Å². The van der Waals surface area contributed by atoms with E-state index in [4.69, 9.17) is 4.74 Å². The molecule has 0 bridgehead atoms. The van der Waals surface area contributed by atoms with E-state index in [2.05, 4.69) is 5.32 Å². The lowest BCUT2D eigenvalue weighted by molar-refractivity contribution is -0.299. The van der Waals surface area contributed by atoms with Gasteiger partial charge in [-0.2, -0.15) is 0 Å². The molecule has 0 spiro atoms. The summed E-state index contributed by atoms with van der Waals surface area (Å²) in [5.41, 5.74) is 1.35. The molecule has 0 fully saturated rings. The van der Waals surface area contributed by atoms with Gasteiger partial charge in [0.2, 0.25) is 0 Å².